The fourth-order valence-electron chi connectivity index (χ4n) is 4.70. The van der Waals surface area contributed by atoms with Gasteiger partial charge in [0.1, 0.15) is 12.4 Å². The fourth-order valence-corrected chi connectivity index (χ4v) is 8.75. The minimum atomic E-state index is -2.63. The van der Waals surface area contributed by atoms with Crippen molar-refractivity contribution in [3.8, 4) is 11.6 Å². The van der Waals surface area contributed by atoms with Crippen LogP contribution in [-0.2, 0) is 23.7 Å². The highest BCUT2D eigenvalue weighted by Gasteiger charge is 2.67. The van der Waals surface area contributed by atoms with E-state index in [1.165, 1.54) is 0 Å². The maximum Gasteiger partial charge on any atom is 0.261 e. The summed E-state index contributed by atoms with van der Waals surface area (Å²) in [7, 11) is -7.61. The van der Waals surface area contributed by atoms with Crippen LogP contribution in [0.15, 0.2) is 30.5 Å². The topological polar surface area (TPSA) is 64.0 Å². The van der Waals surface area contributed by atoms with Gasteiger partial charge in [-0.3, -0.25) is 4.57 Å². The number of hydrogen-bond acceptors (Lipinski definition) is 7. The SMILES string of the molecule is Cc1cccc(C)c1Oc1ccn([C@@]2(O[Si](C)(C)C(C)(C)C)CO[C@](F)(CO[Si](C)(C)C(C)(C)C)C2O[Si](C)(C)C(C)(C)C)c(=S)n1. The van der Waals surface area contributed by atoms with Gasteiger partial charge in [0.15, 0.2) is 36.8 Å². The Kier molecular flexibility index (Phi) is 11.2. The molecule has 1 aliphatic heterocycles. The molecule has 1 aliphatic rings. The zero-order chi connectivity index (χ0) is 36.2. The third kappa shape index (κ3) is 8.22. The predicted molar refractivity (Wildman–Crippen MR) is 200 cm³/mol. The summed E-state index contributed by atoms with van der Waals surface area (Å²) in [4.78, 5) is 4.72. The average Bonchev–Trinajstić information content (AvgIpc) is 3.14. The molecular formula is C35H61FN2O5SSi3. The van der Waals surface area contributed by atoms with Crippen molar-refractivity contribution in [1.29, 1.82) is 0 Å². The Balaban J connectivity index is 2.27. The molecule has 1 saturated heterocycles. The molecule has 1 aromatic carbocycles. The maximum atomic E-state index is 17.9. The van der Waals surface area contributed by atoms with E-state index in [1.807, 2.05) is 32.0 Å². The van der Waals surface area contributed by atoms with Crippen molar-refractivity contribution in [3.05, 3.63) is 46.4 Å². The van der Waals surface area contributed by atoms with Crippen LogP contribution in [0.3, 0.4) is 0 Å². The van der Waals surface area contributed by atoms with Gasteiger partial charge in [-0.2, -0.15) is 4.98 Å². The first-order valence-electron chi connectivity index (χ1n) is 16.7. The van der Waals surface area contributed by atoms with Crippen LogP contribution >= 0.6 is 12.2 Å². The molecule has 1 unspecified atom stereocenters. The van der Waals surface area contributed by atoms with Crippen LogP contribution in [0.2, 0.25) is 54.4 Å². The number of rotatable bonds is 10. The van der Waals surface area contributed by atoms with Gasteiger partial charge < -0.3 is 22.8 Å². The molecule has 0 N–H and O–H groups in total. The minimum absolute atomic E-state index is 0.121. The first kappa shape index (κ1) is 40.2. The molecule has 0 spiro atoms. The van der Waals surface area contributed by atoms with Gasteiger partial charge in [0, 0.05) is 12.3 Å². The summed E-state index contributed by atoms with van der Waals surface area (Å²) in [6, 6.07) is 7.73. The highest BCUT2D eigenvalue weighted by atomic mass is 32.1. The number of halogens is 1. The van der Waals surface area contributed by atoms with Gasteiger partial charge in [0.05, 0.1) is 6.61 Å². The van der Waals surface area contributed by atoms with Gasteiger partial charge in [-0.25, -0.2) is 4.39 Å². The summed E-state index contributed by atoms with van der Waals surface area (Å²) in [5.74, 6) is -1.23. The summed E-state index contributed by atoms with van der Waals surface area (Å²) >= 11 is 5.99. The van der Waals surface area contributed by atoms with Crippen LogP contribution in [0, 0.1) is 18.6 Å². The van der Waals surface area contributed by atoms with Crippen molar-refractivity contribution in [3.63, 3.8) is 0 Å². The molecule has 0 bridgehead atoms. The summed E-state index contributed by atoms with van der Waals surface area (Å²) in [5.41, 5.74) is 0.525. The quantitative estimate of drug-likeness (QED) is 0.178. The molecule has 0 radical (unpaired) electrons. The number of benzene rings is 1. The molecule has 0 amide bonds. The van der Waals surface area contributed by atoms with E-state index >= 15 is 4.39 Å². The molecule has 2 aromatic rings. The average molecular weight is 725 g/mol. The lowest BCUT2D eigenvalue weighted by Crippen LogP contribution is -2.63. The summed E-state index contributed by atoms with van der Waals surface area (Å²) in [6.45, 7) is 35.7. The molecule has 12 heteroatoms. The largest absolute Gasteiger partial charge is 0.438 e. The van der Waals surface area contributed by atoms with E-state index in [-0.39, 0.29) is 33.1 Å². The Morgan fingerprint density at radius 3 is 1.85 bits per heavy atom. The lowest BCUT2D eigenvalue weighted by molar-refractivity contribution is -0.185. The first-order chi connectivity index (χ1) is 21.0. The smallest absolute Gasteiger partial charge is 0.261 e. The Morgan fingerprint density at radius 2 is 1.38 bits per heavy atom. The highest BCUT2D eigenvalue weighted by Crippen LogP contribution is 2.52. The Hall–Kier alpha value is -1.26. The number of hydrogen-bond donors (Lipinski definition) is 0. The summed E-state index contributed by atoms with van der Waals surface area (Å²) in [5, 5.41) is -0.547. The van der Waals surface area contributed by atoms with Crippen LogP contribution in [-0.4, -0.2) is 59.7 Å². The molecule has 2 heterocycles. The number of ether oxygens (including phenoxy) is 2. The summed E-state index contributed by atoms with van der Waals surface area (Å²) < 4.78 is 53.3. The number of aryl methyl sites for hydroxylation is 2. The van der Waals surface area contributed by atoms with E-state index in [2.05, 4.69) is 102 Å². The van der Waals surface area contributed by atoms with Crippen molar-refractivity contribution in [1.82, 2.24) is 9.55 Å². The van der Waals surface area contributed by atoms with Gasteiger partial charge in [-0.15, -0.1) is 0 Å². The van der Waals surface area contributed by atoms with Crippen LogP contribution in [0.1, 0.15) is 73.4 Å². The molecule has 1 aromatic heterocycles. The van der Waals surface area contributed by atoms with Gasteiger partial charge in [-0.05, 0) is 91.6 Å². The third-order valence-electron chi connectivity index (χ3n) is 11.0. The number of para-hydroxylation sites is 1. The van der Waals surface area contributed by atoms with Crippen molar-refractivity contribution in [2.45, 2.75) is 148 Å². The Bertz CT molecular complexity index is 1480. The van der Waals surface area contributed by atoms with Gasteiger partial charge in [0.2, 0.25) is 10.7 Å². The number of alkyl halides is 1. The van der Waals surface area contributed by atoms with Crippen LogP contribution in [0.25, 0.3) is 0 Å². The van der Waals surface area contributed by atoms with E-state index in [4.69, 9.17) is 40.0 Å². The van der Waals surface area contributed by atoms with E-state index in [0.29, 0.717) is 5.88 Å². The molecule has 47 heavy (non-hydrogen) atoms. The van der Waals surface area contributed by atoms with Gasteiger partial charge in [0.25, 0.3) is 5.85 Å². The van der Waals surface area contributed by atoms with Crippen LogP contribution in [0.4, 0.5) is 4.39 Å². The third-order valence-corrected chi connectivity index (χ3v) is 24.7. The number of aromatic nitrogens is 2. The van der Waals surface area contributed by atoms with Gasteiger partial charge >= 0.3 is 0 Å². The molecule has 7 nitrogen and oxygen atoms in total. The fraction of sp³-hybridized carbons (Fsp3) is 0.714. The van der Waals surface area contributed by atoms with Crippen LogP contribution in [0.5, 0.6) is 11.6 Å². The van der Waals surface area contributed by atoms with Crippen LogP contribution < -0.4 is 4.74 Å². The molecule has 3 atom stereocenters. The monoisotopic (exact) mass is 724 g/mol. The van der Waals surface area contributed by atoms with Gasteiger partial charge in [-0.1, -0.05) is 80.5 Å². The highest BCUT2D eigenvalue weighted by molar-refractivity contribution is 7.71. The van der Waals surface area contributed by atoms with Crippen molar-refractivity contribution >= 4 is 37.2 Å². The second-order valence-electron chi connectivity index (χ2n) is 17.8. The molecule has 0 aliphatic carbocycles. The molecule has 1 fully saturated rings. The van der Waals surface area contributed by atoms with E-state index in [9.17, 15) is 0 Å². The Labute approximate surface area is 292 Å². The van der Waals surface area contributed by atoms with E-state index < -0.39 is 42.6 Å². The molecule has 266 valence electrons. The van der Waals surface area contributed by atoms with E-state index in [0.717, 1.165) is 16.9 Å². The second kappa shape index (κ2) is 13.1. The predicted octanol–water partition coefficient (Wildman–Crippen LogP) is 10.8. The maximum absolute atomic E-state index is 17.9. The van der Waals surface area contributed by atoms with Crippen molar-refractivity contribution < 1.29 is 27.1 Å². The normalized spacial score (nSPS) is 23.3. The molecule has 0 saturated carbocycles. The summed E-state index contributed by atoms with van der Waals surface area (Å²) in [6.07, 6.45) is 0.602. The Morgan fingerprint density at radius 1 is 0.872 bits per heavy atom. The van der Waals surface area contributed by atoms with Crippen molar-refractivity contribution in [2.75, 3.05) is 13.2 Å². The lowest BCUT2D eigenvalue weighted by atomic mass is 10.0. The number of nitrogens with zero attached hydrogens (tertiary/aromatic N) is 2. The standard InChI is InChI=1S/C35H61FN2O5SSi3/c1-25-19-18-20-26(2)28(25)41-27-21-22-38(30(44)37-27)35(43-47(16,17)33(9,10)11)24-39-34(36,23-40-45(12,13)31(3,4)5)29(35)42-46(14,15)32(6,7)8/h18-22,29H,23-24H2,1-17H3/t29?,34-,35-/m1/s1. The second-order valence-corrected chi connectivity index (χ2v) is 32.5. The van der Waals surface area contributed by atoms with Crippen molar-refractivity contribution in [2.24, 2.45) is 0 Å². The zero-order valence-corrected chi connectivity index (χ0v) is 35.9. The molecule has 3 rings (SSSR count). The van der Waals surface area contributed by atoms with E-state index in [1.54, 1.807) is 16.8 Å². The lowest BCUT2D eigenvalue weighted by Gasteiger charge is -2.50. The zero-order valence-electron chi connectivity index (χ0n) is 32.1. The molecular weight excluding hydrogens is 664 g/mol. The minimum Gasteiger partial charge on any atom is -0.438 e. The first-order valence-corrected chi connectivity index (χ1v) is 25.8.